The summed E-state index contributed by atoms with van der Waals surface area (Å²) >= 11 is 9.34. The Morgan fingerprint density at radius 3 is 2.54 bits per heavy atom. The van der Waals surface area contributed by atoms with Gasteiger partial charge in [0.15, 0.2) is 0 Å². The van der Waals surface area contributed by atoms with Gasteiger partial charge in [-0.3, -0.25) is 0 Å². The number of rotatable bonds is 1. The van der Waals surface area contributed by atoms with Crippen LogP contribution in [-0.4, -0.2) is 0 Å². The van der Waals surface area contributed by atoms with Crippen LogP contribution < -0.4 is 5.73 Å². The van der Waals surface area contributed by atoms with Gasteiger partial charge in [0.2, 0.25) is 0 Å². The molecule has 0 aliphatic heterocycles. The maximum atomic E-state index is 6.05. The average molecular weight is 283 g/mol. The van der Waals surface area contributed by atoms with E-state index in [1.54, 1.807) is 0 Å². The fourth-order valence-corrected chi connectivity index (χ4v) is 2.10. The third-order valence-electron chi connectivity index (χ3n) is 2.25. The van der Waals surface area contributed by atoms with Crippen LogP contribution in [0.5, 0.6) is 0 Å². The van der Waals surface area contributed by atoms with E-state index < -0.39 is 0 Å². The van der Waals surface area contributed by atoms with Gasteiger partial charge in [0, 0.05) is 15.0 Å². The van der Waals surface area contributed by atoms with Crippen LogP contribution in [0.1, 0.15) is 18.4 Å². The second-order valence-electron chi connectivity index (χ2n) is 3.28. The average Bonchev–Trinajstić information content (AvgIpc) is 2.75. The zero-order chi connectivity index (χ0) is 8.77. The molecule has 2 N–H and O–H groups in total. The van der Waals surface area contributed by atoms with Gasteiger partial charge < -0.3 is 5.73 Å². The zero-order valence-corrected chi connectivity index (χ0v) is 10.0. The van der Waals surface area contributed by atoms with Gasteiger partial charge in [0.05, 0.1) is 0 Å². The Labute approximate surface area is 97.2 Å². The quantitative estimate of drug-likeness (QED) is 0.839. The first kappa shape index (κ1) is 11.3. The molecule has 0 amide bonds. The highest BCUT2D eigenvalue weighted by Gasteiger charge is 2.41. The van der Waals surface area contributed by atoms with Gasteiger partial charge >= 0.3 is 0 Å². The zero-order valence-electron chi connectivity index (χ0n) is 6.89. The molecule has 13 heavy (non-hydrogen) atoms. The predicted octanol–water partition coefficient (Wildman–Crippen LogP) is 3.47. The van der Waals surface area contributed by atoms with Gasteiger partial charge in [-0.2, -0.15) is 0 Å². The van der Waals surface area contributed by atoms with Crippen molar-refractivity contribution < 1.29 is 0 Å². The van der Waals surface area contributed by atoms with E-state index in [0.29, 0.717) is 0 Å². The fraction of sp³-hybridized carbons (Fsp3) is 0.333. The molecule has 1 saturated carbocycles. The van der Waals surface area contributed by atoms with Gasteiger partial charge in [-0.1, -0.05) is 27.5 Å². The second kappa shape index (κ2) is 3.77. The topological polar surface area (TPSA) is 26.0 Å². The molecule has 72 valence electrons. The number of nitrogens with two attached hydrogens (primary N) is 1. The maximum absolute atomic E-state index is 6.05. The minimum Gasteiger partial charge on any atom is -0.321 e. The largest absolute Gasteiger partial charge is 0.321 e. The molecule has 1 aromatic carbocycles. The lowest BCUT2D eigenvalue weighted by Crippen LogP contribution is -2.19. The summed E-state index contributed by atoms with van der Waals surface area (Å²) in [7, 11) is 0. The standard InChI is InChI=1S/C9H9BrClN.ClH/c10-8-2-1-6(11)5-7(8)9(12)3-4-9;/h1-2,5H,3-4,12H2;1H. The summed E-state index contributed by atoms with van der Waals surface area (Å²) in [6.45, 7) is 0. The van der Waals surface area contributed by atoms with E-state index in [2.05, 4.69) is 15.9 Å². The molecular weight excluding hydrogens is 273 g/mol. The predicted molar refractivity (Wildman–Crippen MR) is 61.5 cm³/mol. The Hall–Kier alpha value is 0.240. The summed E-state index contributed by atoms with van der Waals surface area (Å²) < 4.78 is 1.06. The Kier molecular flexibility index (Phi) is 3.29. The van der Waals surface area contributed by atoms with Crippen LogP contribution in [0.15, 0.2) is 22.7 Å². The molecule has 1 fully saturated rings. The maximum Gasteiger partial charge on any atom is 0.0423 e. The van der Waals surface area contributed by atoms with Crippen LogP contribution in [-0.2, 0) is 5.54 Å². The Morgan fingerprint density at radius 2 is 2.00 bits per heavy atom. The Bertz CT molecular complexity index is 323. The molecule has 0 heterocycles. The molecule has 0 saturated heterocycles. The van der Waals surface area contributed by atoms with Crippen molar-refractivity contribution in [3.8, 4) is 0 Å². The number of halogens is 3. The SMILES string of the molecule is Cl.NC1(c2cc(Cl)ccc2Br)CC1. The first-order chi connectivity index (χ1) is 5.62. The van der Waals surface area contributed by atoms with Crippen molar-refractivity contribution in [2.45, 2.75) is 18.4 Å². The van der Waals surface area contributed by atoms with Crippen LogP contribution in [0.25, 0.3) is 0 Å². The van der Waals surface area contributed by atoms with Crippen molar-refractivity contribution in [1.82, 2.24) is 0 Å². The van der Waals surface area contributed by atoms with Crippen molar-refractivity contribution in [2.24, 2.45) is 5.73 Å². The van der Waals surface area contributed by atoms with Gasteiger partial charge in [-0.15, -0.1) is 12.4 Å². The van der Waals surface area contributed by atoms with Gasteiger partial charge in [0.1, 0.15) is 0 Å². The van der Waals surface area contributed by atoms with E-state index in [1.165, 1.54) is 0 Å². The molecule has 1 aromatic rings. The first-order valence-corrected chi connectivity index (χ1v) is 5.03. The fourth-order valence-electron chi connectivity index (χ4n) is 1.28. The van der Waals surface area contributed by atoms with Crippen LogP contribution in [0.4, 0.5) is 0 Å². The van der Waals surface area contributed by atoms with E-state index in [-0.39, 0.29) is 17.9 Å². The molecule has 0 aromatic heterocycles. The molecule has 0 spiro atoms. The van der Waals surface area contributed by atoms with Crippen molar-refractivity contribution in [2.75, 3.05) is 0 Å². The van der Waals surface area contributed by atoms with Crippen LogP contribution in [0.3, 0.4) is 0 Å². The van der Waals surface area contributed by atoms with E-state index >= 15 is 0 Å². The minimum absolute atomic E-state index is 0. The molecule has 0 atom stereocenters. The van der Waals surface area contributed by atoms with Crippen molar-refractivity contribution in [1.29, 1.82) is 0 Å². The van der Waals surface area contributed by atoms with E-state index in [1.807, 2.05) is 18.2 Å². The number of hydrogen-bond acceptors (Lipinski definition) is 1. The van der Waals surface area contributed by atoms with Crippen molar-refractivity contribution in [3.05, 3.63) is 33.3 Å². The van der Waals surface area contributed by atoms with E-state index in [4.69, 9.17) is 17.3 Å². The normalized spacial score (nSPS) is 17.8. The van der Waals surface area contributed by atoms with E-state index in [9.17, 15) is 0 Å². The molecule has 2 rings (SSSR count). The lowest BCUT2D eigenvalue weighted by atomic mass is 10.1. The molecule has 0 unspecified atom stereocenters. The lowest BCUT2D eigenvalue weighted by molar-refractivity contribution is 0.736. The van der Waals surface area contributed by atoms with Crippen molar-refractivity contribution in [3.63, 3.8) is 0 Å². The number of benzene rings is 1. The highest BCUT2D eigenvalue weighted by molar-refractivity contribution is 9.10. The summed E-state index contributed by atoms with van der Waals surface area (Å²) in [5.41, 5.74) is 7.08. The lowest BCUT2D eigenvalue weighted by Gasteiger charge is -2.11. The molecular formula is C9H10BrCl2N. The third-order valence-corrected chi connectivity index (χ3v) is 3.18. The van der Waals surface area contributed by atoms with Crippen LogP contribution in [0.2, 0.25) is 5.02 Å². The molecule has 1 aliphatic carbocycles. The Balaban J connectivity index is 0.000000845. The Morgan fingerprint density at radius 1 is 1.38 bits per heavy atom. The molecule has 1 nitrogen and oxygen atoms in total. The van der Waals surface area contributed by atoms with Crippen LogP contribution in [0, 0.1) is 0 Å². The van der Waals surface area contributed by atoms with Gasteiger partial charge in [-0.05, 0) is 36.6 Å². The van der Waals surface area contributed by atoms with E-state index in [0.717, 1.165) is 27.9 Å². The third kappa shape index (κ3) is 2.18. The molecule has 0 bridgehead atoms. The summed E-state index contributed by atoms with van der Waals surface area (Å²) in [4.78, 5) is 0. The monoisotopic (exact) mass is 281 g/mol. The first-order valence-electron chi connectivity index (χ1n) is 3.86. The summed E-state index contributed by atoms with van der Waals surface area (Å²) in [6.07, 6.45) is 2.12. The number of hydrogen-bond donors (Lipinski definition) is 1. The second-order valence-corrected chi connectivity index (χ2v) is 4.57. The molecule has 4 heteroatoms. The molecule has 0 radical (unpaired) electrons. The van der Waals surface area contributed by atoms with Gasteiger partial charge in [-0.25, -0.2) is 0 Å². The van der Waals surface area contributed by atoms with Crippen molar-refractivity contribution >= 4 is 39.9 Å². The summed E-state index contributed by atoms with van der Waals surface area (Å²) in [6, 6.07) is 5.75. The minimum atomic E-state index is -0.107. The molecule has 1 aliphatic rings. The van der Waals surface area contributed by atoms with Crippen LogP contribution >= 0.6 is 39.9 Å². The smallest absolute Gasteiger partial charge is 0.0423 e. The highest BCUT2D eigenvalue weighted by atomic mass is 79.9. The van der Waals surface area contributed by atoms with Gasteiger partial charge in [0.25, 0.3) is 0 Å². The highest BCUT2D eigenvalue weighted by Crippen LogP contribution is 2.46. The summed E-state index contributed by atoms with van der Waals surface area (Å²) in [5.74, 6) is 0. The summed E-state index contributed by atoms with van der Waals surface area (Å²) in [5, 5.41) is 0.755.